The van der Waals surface area contributed by atoms with Crippen LogP contribution in [0.5, 0.6) is 11.5 Å². The number of phenolic OH excluding ortho intramolecular Hbond substituents is 1. The quantitative estimate of drug-likeness (QED) is 0.745. The first kappa shape index (κ1) is 17.0. The van der Waals surface area contributed by atoms with Crippen LogP contribution in [-0.4, -0.2) is 47.9 Å². The number of nitrogens with zero attached hydrogens (tertiary/aromatic N) is 2. The van der Waals surface area contributed by atoms with Crippen LogP contribution in [-0.2, 0) is 11.3 Å². The summed E-state index contributed by atoms with van der Waals surface area (Å²) in [6.45, 7) is 4.96. The molecule has 0 saturated carbocycles. The smallest absolute Gasteiger partial charge is 0.165 e. The van der Waals surface area contributed by atoms with Gasteiger partial charge in [-0.1, -0.05) is 12.1 Å². The van der Waals surface area contributed by atoms with Gasteiger partial charge in [-0.15, -0.1) is 11.3 Å². The highest BCUT2D eigenvalue weighted by molar-refractivity contribution is 7.21. The molecule has 0 unspecified atom stereocenters. The van der Waals surface area contributed by atoms with Crippen LogP contribution in [0.25, 0.3) is 20.8 Å². The van der Waals surface area contributed by atoms with Gasteiger partial charge >= 0.3 is 0 Å². The average Bonchev–Trinajstić information content (AvgIpc) is 3.28. The van der Waals surface area contributed by atoms with Crippen molar-refractivity contribution in [2.24, 2.45) is 5.92 Å². The minimum absolute atomic E-state index is 0.202. The molecule has 5 rings (SSSR count). The van der Waals surface area contributed by atoms with Crippen molar-refractivity contribution in [3.8, 4) is 22.1 Å². The van der Waals surface area contributed by atoms with E-state index >= 15 is 0 Å². The molecule has 0 amide bonds. The van der Waals surface area contributed by atoms with Gasteiger partial charge in [0.25, 0.3) is 0 Å². The molecule has 3 aromatic rings. The Balaban J connectivity index is 1.47. The van der Waals surface area contributed by atoms with Gasteiger partial charge < -0.3 is 14.6 Å². The van der Waals surface area contributed by atoms with Gasteiger partial charge in [0.15, 0.2) is 11.5 Å². The number of ether oxygens (including phenoxy) is 2. The largest absolute Gasteiger partial charge is 0.504 e. The lowest BCUT2D eigenvalue weighted by Crippen LogP contribution is -2.31. The van der Waals surface area contributed by atoms with E-state index in [1.54, 1.807) is 17.4 Å². The Morgan fingerprint density at radius 1 is 1.22 bits per heavy atom. The molecule has 1 N–H and O–H groups in total. The Morgan fingerprint density at radius 3 is 3.00 bits per heavy atom. The van der Waals surface area contributed by atoms with E-state index in [0.29, 0.717) is 18.3 Å². The molecule has 2 aliphatic heterocycles. The summed E-state index contributed by atoms with van der Waals surface area (Å²) in [5.41, 5.74) is 2.97. The van der Waals surface area contributed by atoms with Crippen molar-refractivity contribution >= 4 is 21.6 Å². The molecule has 1 fully saturated rings. The zero-order valence-corrected chi connectivity index (χ0v) is 15.9. The van der Waals surface area contributed by atoms with Crippen LogP contribution in [0.15, 0.2) is 36.4 Å². The standard InChI is InChI=1S/C21H22N2O3S/c24-18-10-15(21-22-17-3-1-2-4-19(17)27-21)9-16-12-23(6-8-26-20(16)18)11-14-5-7-25-13-14/h1-4,9-10,14,24H,5-8,11-13H2/t14-/m0/s1. The van der Waals surface area contributed by atoms with E-state index in [9.17, 15) is 5.11 Å². The number of rotatable bonds is 3. The monoisotopic (exact) mass is 382 g/mol. The second-order valence-corrected chi connectivity index (χ2v) is 8.31. The number of thiazole rings is 1. The van der Waals surface area contributed by atoms with Gasteiger partial charge in [-0.3, -0.25) is 4.90 Å². The number of phenols is 1. The fraction of sp³-hybridized carbons (Fsp3) is 0.381. The molecule has 2 aromatic carbocycles. The van der Waals surface area contributed by atoms with E-state index < -0.39 is 0 Å². The van der Waals surface area contributed by atoms with Crippen LogP contribution in [0.1, 0.15) is 12.0 Å². The van der Waals surface area contributed by atoms with Gasteiger partial charge in [-0.2, -0.15) is 0 Å². The van der Waals surface area contributed by atoms with Crippen LogP contribution < -0.4 is 4.74 Å². The molecule has 140 valence electrons. The first-order chi connectivity index (χ1) is 13.3. The van der Waals surface area contributed by atoms with Crippen molar-refractivity contribution in [3.05, 3.63) is 42.0 Å². The molecule has 1 aromatic heterocycles. The second kappa shape index (κ2) is 7.11. The first-order valence-corrected chi connectivity index (χ1v) is 10.2. The summed E-state index contributed by atoms with van der Waals surface area (Å²) in [5, 5.41) is 11.5. The molecular formula is C21H22N2O3S. The lowest BCUT2D eigenvalue weighted by atomic mass is 10.1. The number of fused-ring (bicyclic) bond motifs is 2. The maximum Gasteiger partial charge on any atom is 0.165 e. The summed E-state index contributed by atoms with van der Waals surface area (Å²) in [4.78, 5) is 7.14. The lowest BCUT2D eigenvalue weighted by molar-refractivity contribution is 0.159. The van der Waals surface area contributed by atoms with Gasteiger partial charge in [0, 0.05) is 37.4 Å². The summed E-state index contributed by atoms with van der Waals surface area (Å²) < 4.78 is 12.6. The lowest BCUT2D eigenvalue weighted by Gasteiger charge is -2.22. The molecule has 27 heavy (non-hydrogen) atoms. The summed E-state index contributed by atoms with van der Waals surface area (Å²) in [7, 11) is 0. The highest BCUT2D eigenvalue weighted by Crippen LogP contribution is 2.39. The SMILES string of the molecule is Oc1cc(-c2nc3ccccc3s2)cc2c1OCCN(C[C@@H]1CCOC1)C2. The van der Waals surface area contributed by atoms with Crippen molar-refractivity contribution < 1.29 is 14.6 Å². The van der Waals surface area contributed by atoms with E-state index in [-0.39, 0.29) is 5.75 Å². The zero-order valence-electron chi connectivity index (χ0n) is 15.1. The van der Waals surface area contributed by atoms with E-state index in [0.717, 1.165) is 65.6 Å². The third kappa shape index (κ3) is 3.40. The number of hydrogen-bond acceptors (Lipinski definition) is 6. The van der Waals surface area contributed by atoms with E-state index in [1.807, 2.05) is 18.2 Å². The Labute approximate surface area is 162 Å². The van der Waals surface area contributed by atoms with Crippen molar-refractivity contribution in [1.29, 1.82) is 0 Å². The second-order valence-electron chi connectivity index (χ2n) is 7.28. The van der Waals surface area contributed by atoms with Crippen molar-refractivity contribution in [2.75, 3.05) is 32.9 Å². The molecule has 0 spiro atoms. The van der Waals surface area contributed by atoms with Gasteiger partial charge in [-0.25, -0.2) is 4.98 Å². The highest BCUT2D eigenvalue weighted by Gasteiger charge is 2.24. The van der Waals surface area contributed by atoms with Gasteiger partial charge in [0.05, 0.1) is 16.8 Å². The Bertz CT molecular complexity index is 932. The minimum atomic E-state index is 0.202. The van der Waals surface area contributed by atoms with Crippen LogP contribution in [0.2, 0.25) is 0 Å². The third-order valence-electron chi connectivity index (χ3n) is 5.28. The number of benzene rings is 2. The van der Waals surface area contributed by atoms with Crippen LogP contribution in [0.4, 0.5) is 0 Å². The van der Waals surface area contributed by atoms with Gasteiger partial charge in [0.1, 0.15) is 11.6 Å². The molecule has 0 bridgehead atoms. The van der Waals surface area contributed by atoms with Crippen LogP contribution in [0.3, 0.4) is 0 Å². The minimum Gasteiger partial charge on any atom is -0.504 e. The van der Waals surface area contributed by atoms with Crippen molar-refractivity contribution in [1.82, 2.24) is 9.88 Å². The Morgan fingerprint density at radius 2 is 2.15 bits per heavy atom. The fourth-order valence-electron chi connectivity index (χ4n) is 3.92. The molecule has 1 atom stereocenters. The van der Waals surface area contributed by atoms with Crippen molar-refractivity contribution in [3.63, 3.8) is 0 Å². The molecular weight excluding hydrogens is 360 g/mol. The molecule has 1 saturated heterocycles. The average molecular weight is 382 g/mol. The Hall–Kier alpha value is -2.15. The molecule has 0 aliphatic carbocycles. The fourth-order valence-corrected chi connectivity index (χ4v) is 4.87. The van der Waals surface area contributed by atoms with E-state index in [2.05, 4.69) is 17.0 Å². The number of hydrogen-bond donors (Lipinski definition) is 1. The van der Waals surface area contributed by atoms with Gasteiger partial charge in [0.2, 0.25) is 0 Å². The summed E-state index contributed by atoms with van der Waals surface area (Å²) in [6, 6.07) is 12.0. The predicted molar refractivity (Wildman–Crippen MR) is 106 cm³/mol. The number of aromatic nitrogens is 1. The molecule has 0 radical (unpaired) electrons. The Kier molecular flexibility index (Phi) is 4.47. The summed E-state index contributed by atoms with van der Waals surface area (Å²) in [5.74, 6) is 1.41. The summed E-state index contributed by atoms with van der Waals surface area (Å²) >= 11 is 1.65. The molecule has 2 aliphatic rings. The van der Waals surface area contributed by atoms with Gasteiger partial charge in [-0.05, 0) is 36.6 Å². The zero-order chi connectivity index (χ0) is 18.2. The highest BCUT2D eigenvalue weighted by atomic mass is 32.1. The predicted octanol–water partition coefficient (Wildman–Crippen LogP) is 3.90. The van der Waals surface area contributed by atoms with Crippen molar-refractivity contribution in [2.45, 2.75) is 13.0 Å². The molecule has 5 nitrogen and oxygen atoms in total. The third-order valence-corrected chi connectivity index (χ3v) is 6.36. The van der Waals surface area contributed by atoms with E-state index in [4.69, 9.17) is 14.5 Å². The normalized spacial score (nSPS) is 20.4. The maximum absolute atomic E-state index is 10.6. The number of aromatic hydroxyl groups is 1. The van der Waals surface area contributed by atoms with Crippen LogP contribution >= 0.6 is 11.3 Å². The topological polar surface area (TPSA) is 54.8 Å². The molecule has 6 heteroatoms. The van der Waals surface area contributed by atoms with Crippen LogP contribution in [0, 0.1) is 5.92 Å². The maximum atomic E-state index is 10.6. The van der Waals surface area contributed by atoms with E-state index in [1.165, 1.54) is 0 Å². The first-order valence-electron chi connectivity index (χ1n) is 9.41. The number of para-hydroxylation sites is 1. The summed E-state index contributed by atoms with van der Waals surface area (Å²) in [6.07, 6.45) is 1.13. The molecule has 3 heterocycles.